The van der Waals surface area contributed by atoms with Crippen LogP contribution in [-0.2, 0) is 4.79 Å². The Kier molecular flexibility index (Phi) is 6.86. The minimum atomic E-state index is -0.249. The summed E-state index contributed by atoms with van der Waals surface area (Å²) in [7, 11) is 0. The maximum absolute atomic E-state index is 12.4. The minimum absolute atomic E-state index is 0.150. The summed E-state index contributed by atoms with van der Waals surface area (Å²) in [5.41, 5.74) is 1.53. The van der Waals surface area contributed by atoms with E-state index in [1.54, 1.807) is 11.2 Å². The lowest BCUT2D eigenvalue weighted by Crippen LogP contribution is -2.60. The van der Waals surface area contributed by atoms with Crippen LogP contribution in [0, 0.1) is 11.3 Å². The molecule has 188 valence electrons. The number of fused-ring (bicyclic) bond motifs is 3. The van der Waals surface area contributed by atoms with Gasteiger partial charge in [-0.05, 0) is 47.2 Å². The van der Waals surface area contributed by atoms with E-state index in [2.05, 4.69) is 57.1 Å². The van der Waals surface area contributed by atoms with Gasteiger partial charge in [0.2, 0.25) is 11.9 Å². The number of aromatic nitrogens is 2. The van der Waals surface area contributed by atoms with Gasteiger partial charge in [0.25, 0.3) is 0 Å². The summed E-state index contributed by atoms with van der Waals surface area (Å²) in [6.07, 6.45) is 3.24. The molecule has 10 heteroatoms. The first-order valence-electron chi connectivity index (χ1n) is 12.4. The summed E-state index contributed by atoms with van der Waals surface area (Å²) in [6.45, 7) is 13.4. The van der Waals surface area contributed by atoms with Gasteiger partial charge in [-0.2, -0.15) is 10.2 Å². The average molecular weight is 552 g/mol. The van der Waals surface area contributed by atoms with Crippen LogP contribution in [0.4, 0.5) is 11.8 Å². The molecule has 0 N–H and O–H groups in total. The summed E-state index contributed by atoms with van der Waals surface area (Å²) in [5, 5.41) is 11.2. The quantitative estimate of drug-likeness (QED) is 0.409. The molecule has 2 aliphatic heterocycles. The molecule has 9 nitrogen and oxygen atoms in total. The zero-order valence-corrected chi connectivity index (χ0v) is 22.2. The smallest absolute Gasteiger partial charge is 0.246 e. The fraction of sp³-hybridized carbons (Fsp3) is 0.462. The van der Waals surface area contributed by atoms with Gasteiger partial charge in [0.15, 0.2) is 0 Å². The molecule has 2 fully saturated rings. The Morgan fingerprint density at radius 3 is 2.75 bits per heavy atom. The van der Waals surface area contributed by atoms with E-state index in [0.29, 0.717) is 31.6 Å². The summed E-state index contributed by atoms with van der Waals surface area (Å²) < 4.78 is 6.84. The van der Waals surface area contributed by atoms with Crippen LogP contribution in [-0.4, -0.2) is 83.6 Å². The number of anilines is 2. The number of furan rings is 1. The highest BCUT2D eigenvalue weighted by Crippen LogP contribution is 2.39. The van der Waals surface area contributed by atoms with E-state index in [-0.39, 0.29) is 18.4 Å². The van der Waals surface area contributed by atoms with Gasteiger partial charge < -0.3 is 19.1 Å². The van der Waals surface area contributed by atoms with Crippen molar-refractivity contribution in [2.75, 3.05) is 55.6 Å². The topological polar surface area (TPSA) is 92.7 Å². The summed E-state index contributed by atoms with van der Waals surface area (Å²) in [5.74, 6) is 1.33. The number of hydrogen-bond acceptors (Lipinski definition) is 8. The lowest BCUT2D eigenvalue weighted by molar-refractivity contribution is -0.128. The van der Waals surface area contributed by atoms with Gasteiger partial charge in [0, 0.05) is 48.6 Å². The second-order valence-electron chi connectivity index (χ2n) is 9.24. The largest absolute Gasteiger partial charge is 0.463 e. The molecule has 3 aromatic rings. The first-order chi connectivity index (χ1) is 17.5. The normalized spacial score (nSPS) is 18.6. The molecule has 5 rings (SSSR count). The Balaban J connectivity index is 1.56. The molecule has 1 aromatic carbocycles. The Labute approximate surface area is 219 Å². The number of carbonyl (C=O) groups excluding carboxylic acids is 1. The van der Waals surface area contributed by atoms with Crippen molar-refractivity contribution in [1.82, 2.24) is 19.8 Å². The van der Waals surface area contributed by atoms with Crippen molar-refractivity contribution in [2.45, 2.75) is 32.4 Å². The van der Waals surface area contributed by atoms with Gasteiger partial charge in [0.05, 0.1) is 35.7 Å². The van der Waals surface area contributed by atoms with E-state index in [9.17, 15) is 10.1 Å². The highest BCUT2D eigenvalue weighted by Gasteiger charge is 2.35. The van der Waals surface area contributed by atoms with Crippen LogP contribution in [0.3, 0.4) is 0 Å². The van der Waals surface area contributed by atoms with Crippen LogP contribution in [0.1, 0.15) is 20.3 Å². The van der Waals surface area contributed by atoms with Crippen LogP contribution in [0.2, 0.25) is 0 Å². The standard InChI is InChI=1S/C26H30BrN7O2/c1-4-22(35)34-11-10-32(14-17(34)7-9-28)25-23-21(13-20(27)19-8-12-36-24(19)23)29-26(30-25)33-15-18(16-33)31(5-2)6-3/h4,8,12-13,17-18H,1,5-7,10-11,14-16H2,2-3H3/t17-/m0/s1. The molecule has 0 saturated carbocycles. The van der Waals surface area contributed by atoms with Crippen molar-refractivity contribution in [1.29, 1.82) is 5.26 Å². The van der Waals surface area contributed by atoms with Crippen molar-refractivity contribution >= 4 is 55.5 Å². The number of carbonyl (C=O) groups is 1. The van der Waals surface area contributed by atoms with E-state index in [1.165, 1.54) is 6.08 Å². The van der Waals surface area contributed by atoms with E-state index in [1.807, 2.05) is 12.1 Å². The predicted octanol–water partition coefficient (Wildman–Crippen LogP) is 3.79. The summed E-state index contributed by atoms with van der Waals surface area (Å²) in [6, 6.07) is 6.44. The second-order valence-corrected chi connectivity index (χ2v) is 10.1. The molecule has 4 heterocycles. The first-order valence-corrected chi connectivity index (χ1v) is 13.2. The molecule has 2 saturated heterocycles. The Morgan fingerprint density at radius 2 is 2.06 bits per heavy atom. The van der Waals surface area contributed by atoms with E-state index in [0.717, 1.165) is 58.3 Å². The fourth-order valence-electron chi connectivity index (χ4n) is 5.36. The molecule has 0 aliphatic carbocycles. The number of halogens is 1. The second kappa shape index (κ2) is 10.1. The lowest BCUT2D eigenvalue weighted by atomic mass is 10.1. The molecule has 0 spiro atoms. The average Bonchev–Trinajstić information content (AvgIpc) is 3.36. The number of piperazine rings is 1. The van der Waals surface area contributed by atoms with Gasteiger partial charge in [-0.3, -0.25) is 9.69 Å². The Bertz CT molecular complexity index is 1340. The number of hydrogen-bond donors (Lipinski definition) is 0. The molecule has 2 aromatic heterocycles. The van der Waals surface area contributed by atoms with Crippen molar-refractivity contribution < 1.29 is 9.21 Å². The van der Waals surface area contributed by atoms with E-state index >= 15 is 0 Å². The molecule has 2 aliphatic rings. The van der Waals surface area contributed by atoms with Crippen molar-refractivity contribution in [2.24, 2.45) is 0 Å². The van der Waals surface area contributed by atoms with Crippen LogP contribution >= 0.6 is 15.9 Å². The Hall–Kier alpha value is -3.16. The summed E-state index contributed by atoms with van der Waals surface area (Å²) in [4.78, 5) is 31.0. The monoisotopic (exact) mass is 551 g/mol. The molecule has 36 heavy (non-hydrogen) atoms. The minimum Gasteiger partial charge on any atom is -0.463 e. The maximum Gasteiger partial charge on any atom is 0.246 e. The van der Waals surface area contributed by atoms with Gasteiger partial charge in [-0.15, -0.1) is 0 Å². The Morgan fingerprint density at radius 1 is 1.28 bits per heavy atom. The molecule has 1 atom stereocenters. The SMILES string of the molecule is C=CC(=O)N1CCN(c2nc(N3CC(N(CC)CC)C3)nc3cc(Br)c4ccoc4c23)C[C@@H]1CC#N. The van der Waals surface area contributed by atoms with E-state index < -0.39 is 0 Å². The van der Waals surface area contributed by atoms with Crippen LogP contribution in [0.25, 0.3) is 21.9 Å². The fourth-order valence-corrected chi connectivity index (χ4v) is 5.89. The van der Waals surface area contributed by atoms with Crippen molar-refractivity contribution in [3.8, 4) is 6.07 Å². The summed E-state index contributed by atoms with van der Waals surface area (Å²) >= 11 is 3.68. The maximum atomic E-state index is 12.4. The molecule has 0 bridgehead atoms. The number of nitrogens with zero attached hydrogens (tertiary/aromatic N) is 7. The number of rotatable bonds is 7. The number of amides is 1. The van der Waals surface area contributed by atoms with Gasteiger partial charge in [-0.25, -0.2) is 4.98 Å². The van der Waals surface area contributed by atoms with Crippen molar-refractivity contribution in [3.63, 3.8) is 0 Å². The van der Waals surface area contributed by atoms with Crippen LogP contribution < -0.4 is 9.80 Å². The van der Waals surface area contributed by atoms with Crippen LogP contribution in [0.5, 0.6) is 0 Å². The van der Waals surface area contributed by atoms with E-state index in [4.69, 9.17) is 14.4 Å². The van der Waals surface area contributed by atoms with Gasteiger partial charge in [-0.1, -0.05) is 20.4 Å². The molecular weight excluding hydrogens is 522 g/mol. The molecular formula is C26H30BrN7O2. The third kappa shape index (κ3) is 4.20. The molecule has 0 radical (unpaired) electrons. The third-order valence-corrected chi connectivity index (χ3v) is 8.02. The highest BCUT2D eigenvalue weighted by molar-refractivity contribution is 9.10. The number of likely N-dealkylation sites (N-methyl/N-ethyl adjacent to an activating group) is 1. The number of nitriles is 1. The molecule has 0 unspecified atom stereocenters. The highest BCUT2D eigenvalue weighted by atomic mass is 79.9. The first kappa shape index (κ1) is 24.5. The van der Waals surface area contributed by atoms with Crippen LogP contribution in [0.15, 0.2) is 39.9 Å². The third-order valence-electron chi connectivity index (χ3n) is 7.36. The zero-order chi connectivity index (χ0) is 25.4. The number of benzene rings is 1. The predicted molar refractivity (Wildman–Crippen MR) is 144 cm³/mol. The van der Waals surface area contributed by atoms with Gasteiger partial charge in [0.1, 0.15) is 11.4 Å². The molecule has 1 amide bonds. The van der Waals surface area contributed by atoms with Gasteiger partial charge >= 0.3 is 0 Å². The van der Waals surface area contributed by atoms with Crippen molar-refractivity contribution in [3.05, 3.63) is 35.5 Å². The zero-order valence-electron chi connectivity index (χ0n) is 20.7. The lowest BCUT2D eigenvalue weighted by Gasteiger charge is -2.45.